The summed E-state index contributed by atoms with van der Waals surface area (Å²) in [5.74, 6) is -1.29. The Morgan fingerprint density at radius 1 is 1.38 bits per heavy atom. The quantitative estimate of drug-likeness (QED) is 0.628. The average molecular weight is 326 g/mol. The Balaban J connectivity index is 2.10. The zero-order valence-electron chi connectivity index (χ0n) is 12.7. The molecule has 0 atom stereocenters. The number of benzene rings is 1. The van der Waals surface area contributed by atoms with Gasteiger partial charge >= 0.3 is 5.97 Å². The number of hydrogen-bond donors (Lipinski definition) is 3. The number of fused-ring (bicyclic) bond motifs is 1. The highest BCUT2D eigenvalue weighted by Gasteiger charge is 2.17. The van der Waals surface area contributed by atoms with Gasteiger partial charge in [-0.25, -0.2) is 9.97 Å². The third kappa shape index (κ3) is 2.86. The van der Waals surface area contributed by atoms with Crippen molar-refractivity contribution in [3.05, 3.63) is 36.3 Å². The average Bonchev–Trinajstić information content (AvgIpc) is 2.97. The highest BCUT2D eigenvalue weighted by molar-refractivity contribution is 5.99. The smallest absolute Gasteiger partial charge is 0.325 e. The molecular weight excluding hydrogens is 312 g/mol. The maximum Gasteiger partial charge on any atom is 0.325 e. The number of anilines is 1. The standard InChI is InChI=1S/C15H14N6O3/c1-17-15-18-5-9-4-8(2-3-11(9)19-15)10-6-21(7-12(22)23)20-13(10)14(16)24/h2-6H,7H2,1H3,(H2,16,24)(H,22,23)(H,17,18,19). The molecule has 0 aliphatic carbocycles. The van der Waals surface area contributed by atoms with Gasteiger partial charge in [-0.15, -0.1) is 0 Å². The number of carbonyl (C=O) groups is 2. The van der Waals surface area contributed by atoms with Crippen LogP contribution in [0.3, 0.4) is 0 Å². The van der Waals surface area contributed by atoms with Crippen molar-refractivity contribution >= 4 is 28.7 Å². The summed E-state index contributed by atoms with van der Waals surface area (Å²) in [4.78, 5) is 30.9. The molecule has 2 heterocycles. The molecule has 3 aromatic rings. The molecular formula is C15H14N6O3. The molecule has 2 aromatic heterocycles. The van der Waals surface area contributed by atoms with Crippen LogP contribution in [0.1, 0.15) is 10.5 Å². The lowest BCUT2D eigenvalue weighted by Gasteiger charge is -2.04. The van der Waals surface area contributed by atoms with Crippen LogP contribution in [0, 0.1) is 0 Å². The maximum absolute atomic E-state index is 11.6. The van der Waals surface area contributed by atoms with E-state index < -0.39 is 11.9 Å². The highest BCUT2D eigenvalue weighted by Crippen LogP contribution is 2.26. The first-order chi connectivity index (χ1) is 11.5. The molecule has 9 nitrogen and oxygen atoms in total. The molecule has 4 N–H and O–H groups in total. The van der Waals surface area contributed by atoms with Crippen LogP contribution in [-0.2, 0) is 11.3 Å². The van der Waals surface area contributed by atoms with E-state index in [2.05, 4.69) is 20.4 Å². The number of aliphatic carboxylic acids is 1. The number of nitrogens with one attached hydrogen (secondary N) is 1. The van der Waals surface area contributed by atoms with E-state index >= 15 is 0 Å². The summed E-state index contributed by atoms with van der Waals surface area (Å²) in [6.45, 7) is -0.359. The zero-order chi connectivity index (χ0) is 17.3. The van der Waals surface area contributed by atoms with Crippen LogP contribution < -0.4 is 11.1 Å². The third-order valence-corrected chi connectivity index (χ3v) is 3.41. The van der Waals surface area contributed by atoms with Gasteiger partial charge in [0.2, 0.25) is 5.95 Å². The number of carboxylic acid groups (broad SMARTS) is 1. The van der Waals surface area contributed by atoms with Gasteiger partial charge in [0.25, 0.3) is 5.91 Å². The molecule has 24 heavy (non-hydrogen) atoms. The molecule has 0 fully saturated rings. The fourth-order valence-corrected chi connectivity index (χ4v) is 2.36. The van der Waals surface area contributed by atoms with Gasteiger partial charge in [0.1, 0.15) is 6.54 Å². The van der Waals surface area contributed by atoms with Crippen LogP contribution in [-0.4, -0.2) is 43.8 Å². The van der Waals surface area contributed by atoms with Crippen LogP contribution in [0.5, 0.6) is 0 Å². The molecule has 0 unspecified atom stereocenters. The fraction of sp³-hybridized carbons (Fsp3) is 0.133. The summed E-state index contributed by atoms with van der Waals surface area (Å²) >= 11 is 0. The Labute approximate surface area is 136 Å². The molecule has 1 aromatic carbocycles. The van der Waals surface area contributed by atoms with Gasteiger partial charge in [-0.05, 0) is 17.7 Å². The van der Waals surface area contributed by atoms with E-state index in [1.54, 1.807) is 31.4 Å². The first-order valence-electron chi connectivity index (χ1n) is 7.02. The number of carboxylic acids is 1. The summed E-state index contributed by atoms with van der Waals surface area (Å²) < 4.78 is 1.17. The van der Waals surface area contributed by atoms with Crippen molar-refractivity contribution in [1.82, 2.24) is 19.7 Å². The van der Waals surface area contributed by atoms with E-state index in [4.69, 9.17) is 10.8 Å². The van der Waals surface area contributed by atoms with E-state index in [-0.39, 0.29) is 12.2 Å². The largest absolute Gasteiger partial charge is 0.480 e. The molecule has 122 valence electrons. The summed E-state index contributed by atoms with van der Waals surface area (Å²) in [7, 11) is 1.73. The minimum absolute atomic E-state index is 0.0170. The zero-order valence-corrected chi connectivity index (χ0v) is 12.7. The van der Waals surface area contributed by atoms with Gasteiger partial charge in [0.15, 0.2) is 5.69 Å². The minimum atomic E-state index is -1.06. The molecule has 0 radical (unpaired) electrons. The molecule has 0 aliphatic heterocycles. The number of primary amides is 1. The summed E-state index contributed by atoms with van der Waals surface area (Å²) in [6, 6.07) is 5.35. The fourth-order valence-electron chi connectivity index (χ4n) is 2.36. The second-order valence-electron chi connectivity index (χ2n) is 5.06. The summed E-state index contributed by atoms with van der Waals surface area (Å²) in [5.41, 5.74) is 7.24. The molecule has 3 rings (SSSR count). The monoisotopic (exact) mass is 326 g/mol. The molecule has 0 saturated carbocycles. The van der Waals surface area contributed by atoms with Crippen LogP contribution in [0.2, 0.25) is 0 Å². The Morgan fingerprint density at radius 2 is 2.17 bits per heavy atom. The van der Waals surface area contributed by atoms with E-state index in [0.717, 1.165) is 10.9 Å². The molecule has 9 heteroatoms. The Kier molecular flexibility index (Phi) is 3.82. The number of rotatable bonds is 5. The lowest BCUT2D eigenvalue weighted by molar-refractivity contribution is -0.137. The predicted molar refractivity (Wildman–Crippen MR) is 86.5 cm³/mol. The number of amides is 1. The highest BCUT2D eigenvalue weighted by atomic mass is 16.4. The maximum atomic E-state index is 11.6. The number of carbonyl (C=O) groups excluding carboxylic acids is 1. The van der Waals surface area contributed by atoms with E-state index in [0.29, 0.717) is 17.1 Å². The van der Waals surface area contributed by atoms with Crippen molar-refractivity contribution in [1.29, 1.82) is 0 Å². The second kappa shape index (κ2) is 5.95. The lowest BCUT2D eigenvalue weighted by Crippen LogP contribution is -2.15. The van der Waals surface area contributed by atoms with Gasteiger partial charge in [-0.3, -0.25) is 14.3 Å². The van der Waals surface area contributed by atoms with E-state index in [1.807, 2.05) is 0 Å². The number of aromatic nitrogens is 4. The van der Waals surface area contributed by atoms with Crippen molar-refractivity contribution in [2.75, 3.05) is 12.4 Å². The van der Waals surface area contributed by atoms with Gasteiger partial charge in [0, 0.05) is 30.4 Å². The summed E-state index contributed by atoms with van der Waals surface area (Å²) in [5, 5.41) is 16.5. The van der Waals surface area contributed by atoms with Crippen LogP contribution >= 0.6 is 0 Å². The van der Waals surface area contributed by atoms with Crippen LogP contribution in [0.15, 0.2) is 30.6 Å². The Bertz CT molecular complexity index is 950. The molecule has 0 aliphatic rings. The molecule has 0 spiro atoms. The predicted octanol–water partition coefficient (Wildman–Crippen LogP) is 0.718. The van der Waals surface area contributed by atoms with Crippen molar-refractivity contribution in [2.45, 2.75) is 6.54 Å². The SMILES string of the molecule is CNc1ncc2cc(-c3cn(CC(=O)O)nc3C(N)=O)ccc2n1. The van der Waals surface area contributed by atoms with Gasteiger partial charge in [-0.2, -0.15) is 5.10 Å². The first kappa shape index (κ1) is 15.4. The Hall–Kier alpha value is -3.49. The van der Waals surface area contributed by atoms with Gasteiger partial charge < -0.3 is 16.2 Å². The van der Waals surface area contributed by atoms with Crippen molar-refractivity contribution in [3.8, 4) is 11.1 Å². The van der Waals surface area contributed by atoms with Crippen LogP contribution in [0.4, 0.5) is 5.95 Å². The number of nitrogens with two attached hydrogens (primary N) is 1. The van der Waals surface area contributed by atoms with E-state index in [1.165, 1.54) is 10.9 Å². The summed E-state index contributed by atoms with van der Waals surface area (Å²) in [6.07, 6.45) is 3.14. The van der Waals surface area contributed by atoms with Crippen LogP contribution in [0.25, 0.3) is 22.0 Å². The minimum Gasteiger partial charge on any atom is -0.480 e. The molecule has 1 amide bonds. The van der Waals surface area contributed by atoms with Gasteiger partial charge in [-0.1, -0.05) is 6.07 Å². The Morgan fingerprint density at radius 3 is 2.83 bits per heavy atom. The number of nitrogens with zero attached hydrogens (tertiary/aromatic N) is 4. The first-order valence-corrected chi connectivity index (χ1v) is 7.02. The molecule has 0 bridgehead atoms. The van der Waals surface area contributed by atoms with Crippen molar-refractivity contribution in [2.24, 2.45) is 5.73 Å². The normalized spacial score (nSPS) is 10.7. The topological polar surface area (TPSA) is 136 Å². The second-order valence-corrected chi connectivity index (χ2v) is 5.06. The third-order valence-electron chi connectivity index (χ3n) is 3.41. The van der Waals surface area contributed by atoms with Crippen molar-refractivity contribution < 1.29 is 14.7 Å². The number of hydrogen-bond acceptors (Lipinski definition) is 6. The van der Waals surface area contributed by atoms with Crippen molar-refractivity contribution in [3.63, 3.8) is 0 Å². The van der Waals surface area contributed by atoms with E-state index in [9.17, 15) is 9.59 Å². The lowest BCUT2D eigenvalue weighted by atomic mass is 10.0. The molecule has 0 saturated heterocycles. The van der Waals surface area contributed by atoms with Gasteiger partial charge in [0.05, 0.1) is 5.52 Å².